The first-order valence-electron chi connectivity index (χ1n) is 12.2. The monoisotopic (exact) mass is 500 g/mol. The van der Waals surface area contributed by atoms with Gasteiger partial charge in [-0.15, -0.1) is 0 Å². The summed E-state index contributed by atoms with van der Waals surface area (Å²) < 4.78 is 0. The van der Waals surface area contributed by atoms with E-state index in [1.165, 1.54) is 0 Å². The highest BCUT2D eigenvalue weighted by Crippen LogP contribution is 2.12. The third-order valence-corrected chi connectivity index (χ3v) is 5.73. The minimum absolute atomic E-state index is 0.0189. The summed E-state index contributed by atoms with van der Waals surface area (Å²) in [6, 6.07) is -4.10. The van der Waals surface area contributed by atoms with Crippen LogP contribution in [0.25, 0.3) is 0 Å². The molecule has 0 aliphatic rings. The summed E-state index contributed by atoms with van der Waals surface area (Å²) in [6.07, 6.45) is 2.17. The number of primary amides is 1. The minimum atomic E-state index is -1.17. The number of carboxylic acid groups (broad SMARTS) is 1. The van der Waals surface area contributed by atoms with Crippen molar-refractivity contribution >= 4 is 29.6 Å². The van der Waals surface area contributed by atoms with E-state index >= 15 is 0 Å². The van der Waals surface area contributed by atoms with E-state index < -0.39 is 53.8 Å². The molecule has 12 heteroatoms. The summed E-state index contributed by atoms with van der Waals surface area (Å²) in [4.78, 5) is 61.2. The summed E-state index contributed by atoms with van der Waals surface area (Å²) >= 11 is 0. The molecule has 0 spiro atoms. The normalized spacial score (nSPS) is 15.4. The molecule has 0 bridgehead atoms. The van der Waals surface area contributed by atoms with E-state index in [0.29, 0.717) is 25.8 Å². The molecule has 0 radical (unpaired) electrons. The largest absolute Gasteiger partial charge is 0.480 e. The zero-order valence-corrected chi connectivity index (χ0v) is 21.3. The number of nitrogens with one attached hydrogen (secondary N) is 3. The Bertz CT molecular complexity index is 717. The molecule has 0 heterocycles. The predicted octanol–water partition coefficient (Wildman–Crippen LogP) is -0.661. The van der Waals surface area contributed by atoms with E-state index in [-0.39, 0.29) is 37.5 Å². The van der Waals surface area contributed by atoms with Crippen LogP contribution in [0, 0.1) is 11.8 Å². The lowest BCUT2D eigenvalue weighted by molar-refractivity contribution is -0.142. The molecule has 5 atom stereocenters. The highest BCUT2D eigenvalue weighted by Gasteiger charge is 2.32. The number of hydrogen-bond donors (Lipinski definition) is 7. The second-order valence-electron chi connectivity index (χ2n) is 9.36. The molecular formula is C23H44N6O6. The van der Waals surface area contributed by atoms with Gasteiger partial charge in [-0.25, -0.2) is 4.79 Å². The second kappa shape index (κ2) is 16.8. The Kier molecular flexibility index (Phi) is 15.5. The van der Waals surface area contributed by atoms with Crippen molar-refractivity contribution < 1.29 is 29.1 Å². The van der Waals surface area contributed by atoms with Crippen LogP contribution in [0.2, 0.25) is 0 Å². The SMILES string of the molecule is CCC(C)C(NC(=O)C(N)CCC(N)=O)C(=O)NC(CC(C)C)C(=O)NC(CCCCN)C(=O)O. The summed E-state index contributed by atoms with van der Waals surface area (Å²) in [6.45, 7) is 7.78. The Morgan fingerprint density at radius 3 is 1.94 bits per heavy atom. The van der Waals surface area contributed by atoms with Gasteiger partial charge < -0.3 is 38.3 Å². The van der Waals surface area contributed by atoms with Gasteiger partial charge in [-0.3, -0.25) is 19.2 Å². The van der Waals surface area contributed by atoms with Gasteiger partial charge in [-0.2, -0.15) is 0 Å². The molecule has 0 aromatic carbocycles. The topological polar surface area (TPSA) is 220 Å². The van der Waals surface area contributed by atoms with Crippen molar-refractivity contribution in [3.05, 3.63) is 0 Å². The average Bonchev–Trinajstić information content (AvgIpc) is 2.78. The van der Waals surface area contributed by atoms with Gasteiger partial charge in [0.1, 0.15) is 18.1 Å². The number of aliphatic carboxylic acids is 1. The number of hydrogen-bond acceptors (Lipinski definition) is 7. The van der Waals surface area contributed by atoms with Crippen molar-refractivity contribution in [1.82, 2.24) is 16.0 Å². The molecular weight excluding hydrogens is 456 g/mol. The highest BCUT2D eigenvalue weighted by atomic mass is 16.4. The van der Waals surface area contributed by atoms with Crippen LogP contribution < -0.4 is 33.2 Å². The van der Waals surface area contributed by atoms with Gasteiger partial charge in [0, 0.05) is 6.42 Å². The van der Waals surface area contributed by atoms with Crippen molar-refractivity contribution in [2.75, 3.05) is 6.54 Å². The third kappa shape index (κ3) is 13.1. The fourth-order valence-electron chi connectivity index (χ4n) is 3.38. The van der Waals surface area contributed by atoms with Gasteiger partial charge in [0.25, 0.3) is 0 Å². The van der Waals surface area contributed by atoms with E-state index in [2.05, 4.69) is 16.0 Å². The van der Waals surface area contributed by atoms with Crippen LogP contribution >= 0.6 is 0 Å². The Labute approximate surface area is 207 Å². The van der Waals surface area contributed by atoms with Crippen molar-refractivity contribution in [1.29, 1.82) is 0 Å². The third-order valence-electron chi connectivity index (χ3n) is 5.73. The fourth-order valence-corrected chi connectivity index (χ4v) is 3.38. The molecule has 12 nitrogen and oxygen atoms in total. The smallest absolute Gasteiger partial charge is 0.326 e. The number of carboxylic acids is 1. The standard InChI is InChI=1S/C23H44N6O6/c1-5-14(4)19(29-20(31)15(25)9-10-18(26)30)22(33)28-17(12-13(2)3)21(32)27-16(23(34)35)8-6-7-11-24/h13-17,19H,5-12,24-25H2,1-4H3,(H2,26,30)(H,27,32)(H,28,33)(H,29,31)(H,34,35). The Morgan fingerprint density at radius 2 is 1.46 bits per heavy atom. The number of unbranched alkanes of at least 4 members (excludes halogenated alkanes) is 1. The molecule has 35 heavy (non-hydrogen) atoms. The van der Waals surface area contributed by atoms with E-state index in [0.717, 1.165) is 0 Å². The van der Waals surface area contributed by atoms with Crippen LogP contribution in [-0.2, 0) is 24.0 Å². The fraction of sp³-hybridized carbons (Fsp3) is 0.783. The first-order chi connectivity index (χ1) is 16.3. The van der Waals surface area contributed by atoms with Crippen LogP contribution in [0.1, 0.15) is 72.6 Å². The molecule has 0 aromatic rings. The Hall–Kier alpha value is -2.73. The number of rotatable bonds is 18. The van der Waals surface area contributed by atoms with Gasteiger partial charge in [0.15, 0.2) is 0 Å². The van der Waals surface area contributed by atoms with Crippen LogP contribution in [0.4, 0.5) is 0 Å². The van der Waals surface area contributed by atoms with Crippen molar-refractivity contribution in [2.45, 2.75) is 96.8 Å². The number of nitrogens with two attached hydrogens (primary N) is 3. The van der Waals surface area contributed by atoms with Crippen molar-refractivity contribution in [3.8, 4) is 0 Å². The molecule has 0 saturated heterocycles. The molecule has 10 N–H and O–H groups in total. The van der Waals surface area contributed by atoms with Gasteiger partial charge in [0.2, 0.25) is 23.6 Å². The summed E-state index contributed by atoms with van der Waals surface area (Å²) in [5.41, 5.74) is 16.4. The van der Waals surface area contributed by atoms with E-state index in [1.807, 2.05) is 20.8 Å². The van der Waals surface area contributed by atoms with Crippen molar-refractivity contribution in [3.63, 3.8) is 0 Å². The lowest BCUT2D eigenvalue weighted by Crippen LogP contribution is -2.58. The molecule has 0 aliphatic carbocycles. The average molecular weight is 501 g/mol. The lowest BCUT2D eigenvalue weighted by atomic mass is 9.96. The number of amides is 4. The van der Waals surface area contributed by atoms with Crippen LogP contribution in [0.3, 0.4) is 0 Å². The zero-order valence-electron chi connectivity index (χ0n) is 21.3. The van der Waals surface area contributed by atoms with Gasteiger partial charge >= 0.3 is 5.97 Å². The maximum atomic E-state index is 13.1. The Morgan fingerprint density at radius 1 is 0.857 bits per heavy atom. The quantitative estimate of drug-likeness (QED) is 0.119. The van der Waals surface area contributed by atoms with Crippen LogP contribution in [0.5, 0.6) is 0 Å². The van der Waals surface area contributed by atoms with Crippen molar-refractivity contribution in [2.24, 2.45) is 29.0 Å². The predicted molar refractivity (Wildman–Crippen MR) is 132 cm³/mol. The van der Waals surface area contributed by atoms with Gasteiger partial charge in [-0.1, -0.05) is 34.1 Å². The van der Waals surface area contributed by atoms with E-state index in [1.54, 1.807) is 6.92 Å². The van der Waals surface area contributed by atoms with Gasteiger partial charge in [0.05, 0.1) is 6.04 Å². The number of carbonyl (C=O) groups excluding carboxylic acids is 4. The van der Waals surface area contributed by atoms with Crippen LogP contribution in [0.15, 0.2) is 0 Å². The highest BCUT2D eigenvalue weighted by molar-refractivity contribution is 5.94. The molecule has 4 amide bonds. The second-order valence-corrected chi connectivity index (χ2v) is 9.36. The zero-order chi connectivity index (χ0) is 27.1. The molecule has 0 aromatic heterocycles. The Balaban J connectivity index is 5.48. The molecule has 0 rings (SSSR count). The molecule has 202 valence electrons. The molecule has 0 fully saturated rings. The maximum absolute atomic E-state index is 13.1. The molecule has 0 saturated carbocycles. The van der Waals surface area contributed by atoms with Crippen LogP contribution in [-0.4, -0.2) is 65.4 Å². The number of carbonyl (C=O) groups is 5. The molecule has 0 aliphatic heterocycles. The lowest BCUT2D eigenvalue weighted by Gasteiger charge is -2.28. The molecule has 5 unspecified atom stereocenters. The summed E-state index contributed by atoms with van der Waals surface area (Å²) in [7, 11) is 0. The summed E-state index contributed by atoms with van der Waals surface area (Å²) in [5.74, 6) is -3.82. The maximum Gasteiger partial charge on any atom is 0.326 e. The first kappa shape index (κ1) is 32.3. The first-order valence-corrected chi connectivity index (χ1v) is 12.2. The minimum Gasteiger partial charge on any atom is -0.480 e. The summed E-state index contributed by atoms with van der Waals surface area (Å²) in [5, 5.41) is 17.3. The van der Waals surface area contributed by atoms with E-state index in [9.17, 15) is 29.1 Å². The van der Waals surface area contributed by atoms with Gasteiger partial charge in [-0.05, 0) is 50.5 Å². The van der Waals surface area contributed by atoms with E-state index in [4.69, 9.17) is 17.2 Å².